The van der Waals surface area contributed by atoms with Crippen LogP contribution in [0.25, 0.3) is 0 Å². The van der Waals surface area contributed by atoms with E-state index in [0.29, 0.717) is 0 Å². The smallest absolute Gasteiger partial charge is 0.114 e. The average Bonchev–Trinajstić information content (AvgIpc) is 2.81. The first kappa shape index (κ1) is 14.2. The summed E-state index contributed by atoms with van der Waals surface area (Å²) in [4.78, 5) is 1.18. The summed E-state index contributed by atoms with van der Waals surface area (Å²) in [6.07, 6.45) is 2.70. The fourth-order valence-corrected chi connectivity index (χ4v) is 3.51. The molecule has 2 unspecified atom stereocenters. The molecule has 1 heterocycles. The zero-order chi connectivity index (χ0) is 13.8. The fourth-order valence-electron chi connectivity index (χ4n) is 2.13. The zero-order valence-corrected chi connectivity index (χ0v) is 12.5. The Bertz CT molecular complexity index is 535. The molecule has 3 heteroatoms. The van der Waals surface area contributed by atoms with Crippen molar-refractivity contribution in [1.82, 2.24) is 0 Å². The highest BCUT2D eigenvalue weighted by molar-refractivity contribution is 7.99. The number of rotatable bonds is 5. The van der Waals surface area contributed by atoms with Gasteiger partial charge < -0.3 is 10.2 Å². The van der Waals surface area contributed by atoms with Crippen molar-refractivity contribution in [2.24, 2.45) is 5.73 Å². The van der Waals surface area contributed by atoms with Gasteiger partial charge in [-0.3, -0.25) is 0 Å². The number of thioether (sulfide) groups is 1. The third kappa shape index (κ3) is 3.23. The third-order valence-corrected chi connectivity index (χ3v) is 4.96. The molecule has 2 nitrogen and oxygen atoms in total. The summed E-state index contributed by atoms with van der Waals surface area (Å²) in [6.45, 7) is 6.28. The average molecular weight is 275 g/mol. The van der Waals surface area contributed by atoms with E-state index < -0.39 is 0 Å². The number of hydrogen-bond donors (Lipinski definition) is 1. The van der Waals surface area contributed by atoms with Crippen molar-refractivity contribution in [2.45, 2.75) is 43.4 Å². The minimum atomic E-state index is 0.139. The van der Waals surface area contributed by atoms with Gasteiger partial charge in [-0.25, -0.2) is 0 Å². The minimum Gasteiger partial charge on any atom is -0.468 e. The SMILES string of the molecule is CCC(N)C(Sc1ccoc1C)c1ccccc1C. The summed E-state index contributed by atoms with van der Waals surface area (Å²) < 4.78 is 5.38. The number of aryl methyl sites for hydroxylation is 2. The van der Waals surface area contributed by atoms with E-state index in [-0.39, 0.29) is 11.3 Å². The summed E-state index contributed by atoms with van der Waals surface area (Å²) in [6, 6.07) is 10.6. The lowest BCUT2D eigenvalue weighted by Crippen LogP contribution is -2.26. The molecule has 0 saturated carbocycles. The maximum atomic E-state index is 6.33. The minimum absolute atomic E-state index is 0.139. The second-order valence-corrected chi connectivity index (χ2v) is 5.99. The van der Waals surface area contributed by atoms with Crippen molar-refractivity contribution >= 4 is 11.8 Å². The quantitative estimate of drug-likeness (QED) is 0.818. The van der Waals surface area contributed by atoms with Crippen molar-refractivity contribution in [3.05, 3.63) is 53.5 Å². The van der Waals surface area contributed by atoms with Gasteiger partial charge in [-0.1, -0.05) is 31.2 Å². The van der Waals surface area contributed by atoms with Crippen molar-refractivity contribution in [3.8, 4) is 0 Å². The Morgan fingerprint density at radius 3 is 2.53 bits per heavy atom. The molecule has 0 radical (unpaired) electrons. The first-order valence-corrected chi connectivity index (χ1v) is 7.53. The summed E-state index contributed by atoms with van der Waals surface area (Å²) in [5.41, 5.74) is 8.95. The molecule has 2 rings (SSSR count). The summed E-state index contributed by atoms with van der Waals surface area (Å²) in [5, 5.41) is 0.266. The highest BCUT2D eigenvalue weighted by Gasteiger charge is 2.22. The monoisotopic (exact) mass is 275 g/mol. The molecule has 0 fully saturated rings. The lowest BCUT2D eigenvalue weighted by Gasteiger charge is -2.24. The first-order valence-electron chi connectivity index (χ1n) is 6.65. The summed E-state index contributed by atoms with van der Waals surface area (Å²) >= 11 is 1.80. The maximum Gasteiger partial charge on any atom is 0.114 e. The van der Waals surface area contributed by atoms with Crippen LogP contribution in [-0.4, -0.2) is 6.04 Å². The van der Waals surface area contributed by atoms with Crippen LogP contribution >= 0.6 is 11.8 Å². The van der Waals surface area contributed by atoms with E-state index >= 15 is 0 Å². The van der Waals surface area contributed by atoms with E-state index in [0.717, 1.165) is 12.2 Å². The van der Waals surface area contributed by atoms with Gasteiger partial charge in [-0.05, 0) is 37.5 Å². The molecule has 0 aliphatic carbocycles. The molecular weight excluding hydrogens is 254 g/mol. The first-order chi connectivity index (χ1) is 9.13. The van der Waals surface area contributed by atoms with Gasteiger partial charge in [0.25, 0.3) is 0 Å². The Morgan fingerprint density at radius 1 is 1.21 bits per heavy atom. The van der Waals surface area contributed by atoms with Crippen molar-refractivity contribution in [2.75, 3.05) is 0 Å². The van der Waals surface area contributed by atoms with Crippen LogP contribution < -0.4 is 5.73 Å². The van der Waals surface area contributed by atoms with E-state index in [2.05, 4.69) is 38.1 Å². The van der Waals surface area contributed by atoms with Gasteiger partial charge >= 0.3 is 0 Å². The van der Waals surface area contributed by atoms with Crippen LogP contribution in [0.1, 0.15) is 35.5 Å². The van der Waals surface area contributed by atoms with Crippen LogP contribution in [0, 0.1) is 13.8 Å². The lowest BCUT2D eigenvalue weighted by molar-refractivity contribution is 0.526. The van der Waals surface area contributed by atoms with E-state index in [1.807, 2.05) is 13.0 Å². The lowest BCUT2D eigenvalue weighted by atomic mass is 10.00. The number of hydrogen-bond acceptors (Lipinski definition) is 3. The molecule has 1 aromatic carbocycles. The van der Waals surface area contributed by atoms with Crippen LogP contribution in [0.3, 0.4) is 0 Å². The number of benzene rings is 1. The zero-order valence-electron chi connectivity index (χ0n) is 11.7. The Morgan fingerprint density at radius 2 is 1.95 bits per heavy atom. The summed E-state index contributed by atoms with van der Waals surface area (Å²) in [5.74, 6) is 0.965. The van der Waals surface area contributed by atoms with Crippen molar-refractivity contribution < 1.29 is 4.42 Å². The predicted molar refractivity (Wildman–Crippen MR) is 81.5 cm³/mol. The van der Waals surface area contributed by atoms with Crippen LogP contribution in [0.2, 0.25) is 0 Å². The van der Waals surface area contributed by atoms with Crippen molar-refractivity contribution in [1.29, 1.82) is 0 Å². The van der Waals surface area contributed by atoms with E-state index in [4.69, 9.17) is 10.2 Å². The molecule has 2 N–H and O–H groups in total. The molecular formula is C16H21NOS. The Labute approximate surface area is 119 Å². The van der Waals surface area contributed by atoms with E-state index in [1.54, 1.807) is 18.0 Å². The molecule has 2 atom stereocenters. The molecule has 0 aliphatic rings. The van der Waals surface area contributed by atoms with E-state index in [9.17, 15) is 0 Å². The number of furan rings is 1. The van der Waals surface area contributed by atoms with Gasteiger partial charge in [0.05, 0.1) is 6.26 Å². The van der Waals surface area contributed by atoms with Gasteiger partial charge in [-0.15, -0.1) is 11.8 Å². The molecule has 0 spiro atoms. The number of nitrogens with two attached hydrogens (primary N) is 1. The van der Waals surface area contributed by atoms with Gasteiger partial charge in [0.1, 0.15) is 5.76 Å². The summed E-state index contributed by atoms with van der Waals surface area (Å²) in [7, 11) is 0. The van der Waals surface area contributed by atoms with Gasteiger partial charge in [0.2, 0.25) is 0 Å². The Balaban J connectivity index is 2.32. The molecule has 19 heavy (non-hydrogen) atoms. The van der Waals surface area contributed by atoms with Gasteiger partial charge in [-0.2, -0.15) is 0 Å². The van der Waals surface area contributed by atoms with Crippen LogP contribution in [-0.2, 0) is 0 Å². The maximum absolute atomic E-state index is 6.33. The van der Waals surface area contributed by atoms with Crippen LogP contribution in [0.4, 0.5) is 0 Å². The highest BCUT2D eigenvalue weighted by atomic mass is 32.2. The molecule has 2 aromatic rings. The molecule has 102 valence electrons. The standard InChI is InChI=1S/C16H21NOS/c1-4-14(17)16(13-8-6-5-7-11(13)2)19-15-9-10-18-12(15)3/h5-10,14,16H,4,17H2,1-3H3. The van der Waals surface area contributed by atoms with Gasteiger partial charge in [0.15, 0.2) is 0 Å². The predicted octanol–water partition coefficient (Wildman–Crippen LogP) is 4.47. The van der Waals surface area contributed by atoms with Crippen LogP contribution in [0.5, 0.6) is 0 Å². The fraction of sp³-hybridized carbons (Fsp3) is 0.375. The molecule has 0 saturated heterocycles. The van der Waals surface area contributed by atoms with Crippen LogP contribution in [0.15, 0.2) is 45.9 Å². The Hall–Kier alpha value is -1.19. The second-order valence-electron chi connectivity index (χ2n) is 4.81. The molecule has 0 amide bonds. The molecule has 0 bridgehead atoms. The highest BCUT2D eigenvalue weighted by Crippen LogP contribution is 2.40. The normalized spacial score (nSPS) is 14.3. The van der Waals surface area contributed by atoms with Crippen molar-refractivity contribution in [3.63, 3.8) is 0 Å². The Kier molecular flexibility index (Phi) is 4.72. The largest absolute Gasteiger partial charge is 0.468 e. The van der Waals surface area contributed by atoms with E-state index in [1.165, 1.54) is 16.0 Å². The van der Waals surface area contributed by atoms with Gasteiger partial charge in [0, 0.05) is 16.2 Å². The second kappa shape index (κ2) is 6.31. The third-order valence-electron chi connectivity index (χ3n) is 3.42. The molecule has 0 aliphatic heterocycles. The molecule has 1 aromatic heterocycles. The topological polar surface area (TPSA) is 39.2 Å².